The molecule has 1 fully saturated rings. The molecule has 0 bridgehead atoms. The van der Waals surface area contributed by atoms with E-state index in [2.05, 4.69) is 10.1 Å². The summed E-state index contributed by atoms with van der Waals surface area (Å²) in [5, 5.41) is 12.9. The maximum atomic E-state index is 14.1. The molecule has 164 valence electrons. The Morgan fingerprint density at radius 3 is 2.44 bits per heavy atom. The number of nitrogens with zero attached hydrogens (tertiary/aromatic N) is 6. The maximum absolute atomic E-state index is 14.1. The van der Waals surface area contributed by atoms with Gasteiger partial charge in [-0.05, 0) is 24.3 Å². The number of nitriles is 1. The summed E-state index contributed by atoms with van der Waals surface area (Å²) >= 11 is 0. The van der Waals surface area contributed by atoms with E-state index in [4.69, 9.17) is 0 Å². The van der Waals surface area contributed by atoms with Crippen LogP contribution in [-0.2, 0) is 6.18 Å². The zero-order chi connectivity index (χ0) is 22.9. The molecule has 11 heteroatoms. The lowest BCUT2D eigenvalue weighted by Gasteiger charge is -2.35. The number of amides is 1. The van der Waals surface area contributed by atoms with E-state index in [0.717, 1.165) is 18.3 Å². The Balaban J connectivity index is 1.60. The molecule has 0 unspecified atom stereocenters. The van der Waals surface area contributed by atoms with E-state index in [0.29, 0.717) is 29.2 Å². The third kappa shape index (κ3) is 3.87. The summed E-state index contributed by atoms with van der Waals surface area (Å²) in [6.07, 6.45) is -2.57. The fraction of sp³-hybridized carbons (Fsp3) is 0.238. The van der Waals surface area contributed by atoms with E-state index in [-0.39, 0.29) is 13.1 Å². The lowest BCUT2D eigenvalue weighted by atomic mass is 10.1. The molecule has 0 saturated carbocycles. The van der Waals surface area contributed by atoms with Gasteiger partial charge in [0.2, 0.25) is 0 Å². The van der Waals surface area contributed by atoms with Gasteiger partial charge in [0.15, 0.2) is 5.69 Å². The number of hydrogen-bond donors (Lipinski definition) is 0. The van der Waals surface area contributed by atoms with Crippen LogP contribution in [0.3, 0.4) is 0 Å². The fourth-order valence-corrected chi connectivity index (χ4v) is 3.61. The van der Waals surface area contributed by atoms with Crippen molar-refractivity contribution >= 4 is 11.7 Å². The second kappa shape index (κ2) is 8.30. The summed E-state index contributed by atoms with van der Waals surface area (Å²) < 4.78 is 56.1. The average Bonchev–Trinajstić information content (AvgIpc) is 3.24. The summed E-state index contributed by atoms with van der Waals surface area (Å²) in [5.41, 5.74) is -2.00. The van der Waals surface area contributed by atoms with Crippen molar-refractivity contribution in [3.63, 3.8) is 0 Å². The number of rotatable bonds is 3. The van der Waals surface area contributed by atoms with Crippen LogP contribution in [0.15, 0.2) is 48.8 Å². The topological polar surface area (TPSA) is 78.1 Å². The monoisotopic (exact) mass is 444 g/mol. The Morgan fingerprint density at radius 1 is 1.06 bits per heavy atom. The second-order valence-electron chi connectivity index (χ2n) is 7.03. The third-order valence-corrected chi connectivity index (χ3v) is 5.12. The molecule has 0 aliphatic carbocycles. The average molecular weight is 444 g/mol. The molecule has 1 aliphatic heterocycles. The first-order valence-corrected chi connectivity index (χ1v) is 9.60. The van der Waals surface area contributed by atoms with Gasteiger partial charge in [-0.15, -0.1) is 0 Å². The van der Waals surface area contributed by atoms with Crippen molar-refractivity contribution in [1.29, 1.82) is 5.26 Å². The van der Waals surface area contributed by atoms with Gasteiger partial charge in [-0.2, -0.15) is 23.5 Å². The maximum Gasteiger partial charge on any atom is 0.434 e. The molecule has 2 aromatic heterocycles. The predicted octanol–water partition coefficient (Wildman–Crippen LogP) is 3.26. The van der Waals surface area contributed by atoms with E-state index in [1.807, 2.05) is 6.07 Å². The molecule has 0 N–H and O–H groups in total. The van der Waals surface area contributed by atoms with Crippen molar-refractivity contribution in [1.82, 2.24) is 19.7 Å². The SMILES string of the molecule is N#Cc1cccnc1N1CCN(C(=O)c2cnn(-c3ccccc3F)c2C(F)(F)F)CC1. The molecule has 1 amide bonds. The molecule has 1 saturated heterocycles. The van der Waals surface area contributed by atoms with Crippen LogP contribution in [0.25, 0.3) is 5.69 Å². The van der Waals surface area contributed by atoms with Gasteiger partial charge in [0.1, 0.15) is 23.4 Å². The molecule has 0 atom stereocenters. The fourth-order valence-electron chi connectivity index (χ4n) is 3.61. The molecule has 1 aliphatic rings. The van der Waals surface area contributed by atoms with Crippen LogP contribution in [0.2, 0.25) is 0 Å². The van der Waals surface area contributed by atoms with Gasteiger partial charge < -0.3 is 9.80 Å². The van der Waals surface area contributed by atoms with Crippen LogP contribution in [0.5, 0.6) is 0 Å². The van der Waals surface area contributed by atoms with Crippen LogP contribution in [0, 0.1) is 17.1 Å². The van der Waals surface area contributed by atoms with Gasteiger partial charge in [-0.1, -0.05) is 12.1 Å². The molecule has 3 heterocycles. The number of aromatic nitrogens is 3. The Hall–Kier alpha value is -3.94. The van der Waals surface area contributed by atoms with Crippen LogP contribution in [0.1, 0.15) is 21.6 Å². The lowest BCUT2D eigenvalue weighted by molar-refractivity contribution is -0.143. The first-order chi connectivity index (χ1) is 15.3. The largest absolute Gasteiger partial charge is 0.434 e. The van der Waals surface area contributed by atoms with Crippen molar-refractivity contribution in [3.05, 3.63) is 71.4 Å². The Kier molecular flexibility index (Phi) is 5.52. The normalized spacial score (nSPS) is 14.3. The number of pyridine rings is 1. The van der Waals surface area contributed by atoms with Gasteiger partial charge in [0.05, 0.1) is 17.3 Å². The highest BCUT2D eigenvalue weighted by Crippen LogP contribution is 2.35. The highest BCUT2D eigenvalue weighted by Gasteiger charge is 2.42. The number of halogens is 4. The van der Waals surface area contributed by atoms with Gasteiger partial charge in [0, 0.05) is 32.4 Å². The summed E-state index contributed by atoms with van der Waals surface area (Å²) in [4.78, 5) is 20.2. The second-order valence-corrected chi connectivity index (χ2v) is 7.03. The Labute approximate surface area is 180 Å². The van der Waals surface area contributed by atoms with E-state index in [9.17, 15) is 27.6 Å². The summed E-state index contributed by atoms with van der Waals surface area (Å²) in [5.74, 6) is -1.27. The zero-order valence-corrected chi connectivity index (χ0v) is 16.6. The van der Waals surface area contributed by atoms with Gasteiger partial charge in [-0.3, -0.25) is 4.79 Å². The molecular formula is C21H16F4N6O. The summed E-state index contributed by atoms with van der Waals surface area (Å²) in [7, 11) is 0. The minimum atomic E-state index is -4.93. The van der Waals surface area contributed by atoms with Crippen LogP contribution < -0.4 is 4.90 Å². The molecule has 1 aromatic carbocycles. The van der Waals surface area contributed by atoms with Crippen molar-refractivity contribution in [3.8, 4) is 11.8 Å². The highest BCUT2D eigenvalue weighted by atomic mass is 19.4. The van der Waals surface area contributed by atoms with Crippen LogP contribution in [-0.4, -0.2) is 51.8 Å². The molecule has 0 radical (unpaired) electrons. The number of para-hydroxylation sites is 1. The minimum absolute atomic E-state index is 0.127. The van der Waals surface area contributed by atoms with E-state index < -0.39 is 34.8 Å². The van der Waals surface area contributed by atoms with E-state index in [1.54, 1.807) is 23.2 Å². The number of alkyl halides is 3. The summed E-state index contributed by atoms with van der Waals surface area (Å²) in [6, 6.07) is 10.2. The van der Waals surface area contributed by atoms with Crippen molar-refractivity contribution in [2.24, 2.45) is 0 Å². The Bertz CT molecular complexity index is 1190. The molecule has 32 heavy (non-hydrogen) atoms. The molecular weight excluding hydrogens is 428 g/mol. The van der Waals surface area contributed by atoms with Gasteiger partial charge in [0.25, 0.3) is 5.91 Å². The van der Waals surface area contributed by atoms with Gasteiger partial charge >= 0.3 is 6.18 Å². The number of anilines is 1. The number of piperazine rings is 1. The molecule has 3 aromatic rings. The molecule has 0 spiro atoms. The number of carbonyl (C=O) groups is 1. The van der Waals surface area contributed by atoms with E-state index >= 15 is 0 Å². The first-order valence-electron chi connectivity index (χ1n) is 9.60. The van der Waals surface area contributed by atoms with Crippen LogP contribution in [0.4, 0.5) is 23.4 Å². The van der Waals surface area contributed by atoms with Crippen molar-refractivity contribution < 1.29 is 22.4 Å². The van der Waals surface area contributed by atoms with Crippen molar-refractivity contribution in [2.45, 2.75) is 6.18 Å². The predicted molar refractivity (Wildman–Crippen MR) is 106 cm³/mol. The number of carbonyl (C=O) groups excluding carboxylic acids is 1. The van der Waals surface area contributed by atoms with Crippen LogP contribution >= 0.6 is 0 Å². The molecule has 7 nitrogen and oxygen atoms in total. The standard InChI is InChI=1S/C21H16F4N6O/c22-16-5-1-2-6-17(16)31-18(21(23,24)25)15(13-28-31)20(32)30-10-8-29(9-11-30)19-14(12-26)4-3-7-27-19/h1-7,13H,8-11H2. The van der Waals surface area contributed by atoms with Gasteiger partial charge in [-0.25, -0.2) is 14.1 Å². The first kappa shape index (κ1) is 21.3. The number of benzene rings is 1. The summed E-state index contributed by atoms with van der Waals surface area (Å²) in [6.45, 7) is 0.839. The third-order valence-electron chi connectivity index (χ3n) is 5.12. The smallest absolute Gasteiger partial charge is 0.352 e. The highest BCUT2D eigenvalue weighted by molar-refractivity contribution is 5.95. The zero-order valence-electron chi connectivity index (χ0n) is 16.6. The quantitative estimate of drug-likeness (QED) is 0.580. The Morgan fingerprint density at radius 2 is 1.78 bits per heavy atom. The van der Waals surface area contributed by atoms with E-state index in [1.165, 1.54) is 17.0 Å². The number of hydrogen-bond acceptors (Lipinski definition) is 5. The lowest BCUT2D eigenvalue weighted by Crippen LogP contribution is -2.49. The molecule has 4 rings (SSSR count). The minimum Gasteiger partial charge on any atom is -0.352 e. The van der Waals surface area contributed by atoms with Crippen molar-refractivity contribution in [2.75, 3.05) is 31.1 Å².